The van der Waals surface area contributed by atoms with Gasteiger partial charge in [-0.05, 0) is 48.9 Å². The highest BCUT2D eigenvalue weighted by Crippen LogP contribution is 2.12. The Balaban J connectivity index is 1.71. The molecule has 0 saturated heterocycles. The van der Waals surface area contributed by atoms with Gasteiger partial charge < -0.3 is 10.6 Å². The Morgan fingerprint density at radius 3 is 2.69 bits per heavy atom. The molecule has 0 aliphatic heterocycles. The third-order valence-corrected chi connectivity index (χ3v) is 3.53. The number of pyridine rings is 1. The van der Waals surface area contributed by atoms with E-state index < -0.39 is 0 Å². The first kappa shape index (κ1) is 17.0. The molecule has 2 N–H and O–H groups in total. The quantitative estimate of drug-likeness (QED) is 0.737. The second-order valence-electron chi connectivity index (χ2n) is 5.58. The number of nitrogens with zero attached hydrogens (tertiary/aromatic N) is 4. The Morgan fingerprint density at radius 1 is 1.19 bits per heavy atom. The number of benzene rings is 1. The van der Waals surface area contributed by atoms with E-state index in [0.29, 0.717) is 29.4 Å². The minimum absolute atomic E-state index is 0.260. The number of nitriles is 1. The van der Waals surface area contributed by atoms with Crippen LogP contribution in [0.1, 0.15) is 27.3 Å². The van der Waals surface area contributed by atoms with E-state index in [2.05, 4.69) is 25.6 Å². The third kappa shape index (κ3) is 4.39. The van der Waals surface area contributed by atoms with Crippen molar-refractivity contribution in [2.75, 3.05) is 10.6 Å². The van der Waals surface area contributed by atoms with Gasteiger partial charge in [0.25, 0.3) is 5.91 Å². The molecular weight excluding hydrogens is 328 g/mol. The summed E-state index contributed by atoms with van der Waals surface area (Å²) in [5.74, 6) is 0.0310. The number of aryl methyl sites for hydroxylation is 1. The van der Waals surface area contributed by atoms with Crippen molar-refractivity contribution in [1.29, 1.82) is 5.26 Å². The summed E-state index contributed by atoms with van der Waals surface area (Å²) < 4.78 is 0. The third-order valence-electron chi connectivity index (χ3n) is 3.53. The van der Waals surface area contributed by atoms with Crippen molar-refractivity contribution >= 4 is 17.5 Å². The van der Waals surface area contributed by atoms with Crippen molar-refractivity contribution in [2.24, 2.45) is 0 Å². The zero-order valence-electron chi connectivity index (χ0n) is 14.1. The van der Waals surface area contributed by atoms with Crippen LogP contribution in [0.15, 0.2) is 54.9 Å². The first-order valence-electron chi connectivity index (χ1n) is 7.94. The summed E-state index contributed by atoms with van der Waals surface area (Å²) in [7, 11) is 0. The Labute approximate surface area is 150 Å². The van der Waals surface area contributed by atoms with Crippen LogP contribution in [0, 0.1) is 18.3 Å². The number of anilines is 2. The zero-order valence-corrected chi connectivity index (χ0v) is 14.1. The maximum atomic E-state index is 12.4. The molecule has 0 atom stereocenters. The molecule has 3 rings (SSSR count). The molecule has 0 aliphatic rings. The average molecular weight is 344 g/mol. The van der Waals surface area contributed by atoms with Crippen molar-refractivity contribution in [3.8, 4) is 6.07 Å². The lowest BCUT2D eigenvalue weighted by Gasteiger charge is -2.09. The van der Waals surface area contributed by atoms with Crippen LogP contribution in [0.25, 0.3) is 0 Å². The number of hydrogen-bond acceptors (Lipinski definition) is 6. The lowest BCUT2D eigenvalue weighted by atomic mass is 10.2. The van der Waals surface area contributed by atoms with Crippen molar-refractivity contribution in [1.82, 2.24) is 15.0 Å². The van der Waals surface area contributed by atoms with Crippen LogP contribution >= 0.6 is 0 Å². The molecule has 7 nitrogen and oxygen atoms in total. The summed E-state index contributed by atoms with van der Waals surface area (Å²) in [6, 6.07) is 14.1. The summed E-state index contributed by atoms with van der Waals surface area (Å²) in [6.45, 7) is 2.31. The summed E-state index contributed by atoms with van der Waals surface area (Å²) >= 11 is 0. The lowest BCUT2D eigenvalue weighted by Crippen LogP contribution is -2.16. The lowest BCUT2D eigenvalue weighted by molar-refractivity contribution is 0.102. The Bertz CT molecular complexity index is 948. The van der Waals surface area contributed by atoms with Gasteiger partial charge in [0.15, 0.2) is 0 Å². The number of aromatic nitrogens is 3. The average Bonchev–Trinajstić information content (AvgIpc) is 2.67. The molecule has 3 aromatic rings. The van der Waals surface area contributed by atoms with Crippen molar-refractivity contribution in [3.05, 3.63) is 77.4 Å². The first-order valence-corrected chi connectivity index (χ1v) is 7.94. The minimum Gasteiger partial charge on any atom is -0.350 e. The molecule has 128 valence electrons. The fourth-order valence-corrected chi connectivity index (χ4v) is 2.27. The molecule has 26 heavy (non-hydrogen) atoms. The maximum Gasteiger partial charge on any atom is 0.274 e. The summed E-state index contributed by atoms with van der Waals surface area (Å²) in [5.41, 5.74) is 3.05. The summed E-state index contributed by atoms with van der Waals surface area (Å²) in [4.78, 5) is 25.1. The molecule has 2 heterocycles. The maximum absolute atomic E-state index is 12.4. The Kier molecular flexibility index (Phi) is 5.15. The predicted molar refractivity (Wildman–Crippen MR) is 97.4 cm³/mol. The van der Waals surface area contributed by atoms with Gasteiger partial charge in [-0.25, -0.2) is 9.97 Å². The molecule has 0 radical (unpaired) electrons. The van der Waals surface area contributed by atoms with Crippen LogP contribution < -0.4 is 10.6 Å². The Hall–Kier alpha value is -3.79. The fraction of sp³-hybridized carbons (Fsp3) is 0.105. The van der Waals surface area contributed by atoms with Crippen LogP contribution in [0.5, 0.6) is 0 Å². The Morgan fingerprint density at radius 2 is 2.00 bits per heavy atom. The van der Waals surface area contributed by atoms with Gasteiger partial charge in [0.05, 0.1) is 11.6 Å². The van der Waals surface area contributed by atoms with E-state index in [1.54, 1.807) is 49.6 Å². The number of hydrogen-bond donors (Lipinski definition) is 2. The van der Waals surface area contributed by atoms with Crippen LogP contribution in [0.2, 0.25) is 0 Å². The second kappa shape index (κ2) is 7.85. The number of amides is 1. The molecule has 1 aromatic carbocycles. The molecular formula is C19H16N6O. The number of rotatable bonds is 5. The van der Waals surface area contributed by atoms with Gasteiger partial charge in [-0.1, -0.05) is 6.07 Å². The van der Waals surface area contributed by atoms with E-state index in [-0.39, 0.29) is 11.6 Å². The molecule has 0 fully saturated rings. The van der Waals surface area contributed by atoms with Gasteiger partial charge in [0.1, 0.15) is 5.69 Å². The van der Waals surface area contributed by atoms with Gasteiger partial charge in [-0.2, -0.15) is 5.26 Å². The van der Waals surface area contributed by atoms with Crippen molar-refractivity contribution in [2.45, 2.75) is 13.5 Å². The van der Waals surface area contributed by atoms with Crippen LogP contribution in [-0.4, -0.2) is 20.9 Å². The largest absolute Gasteiger partial charge is 0.350 e. The molecule has 0 unspecified atom stereocenters. The number of carbonyl (C=O) groups excluding carboxylic acids is 1. The molecule has 2 aromatic heterocycles. The monoisotopic (exact) mass is 344 g/mol. The molecule has 0 spiro atoms. The molecule has 0 bridgehead atoms. The zero-order chi connectivity index (χ0) is 18.4. The van der Waals surface area contributed by atoms with E-state index in [9.17, 15) is 4.79 Å². The topological polar surface area (TPSA) is 104 Å². The van der Waals surface area contributed by atoms with Gasteiger partial charge in [0, 0.05) is 30.3 Å². The van der Waals surface area contributed by atoms with Gasteiger partial charge in [-0.15, -0.1) is 0 Å². The number of carbonyl (C=O) groups is 1. The van der Waals surface area contributed by atoms with Crippen LogP contribution in [-0.2, 0) is 6.54 Å². The van der Waals surface area contributed by atoms with Crippen LogP contribution in [0.3, 0.4) is 0 Å². The highest BCUT2D eigenvalue weighted by molar-refractivity contribution is 6.03. The number of nitrogens with one attached hydrogen (secondary N) is 2. The van der Waals surface area contributed by atoms with Gasteiger partial charge >= 0.3 is 0 Å². The standard InChI is InChI=1S/C19H16N6O/c1-13-9-17(18(26)24-16-6-4-14(10-20)5-7-16)25-19(23-13)22-12-15-3-2-8-21-11-15/h2-9,11H,12H2,1H3,(H,24,26)(H,22,23,25). The van der Waals surface area contributed by atoms with E-state index >= 15 is 0 Å². The van der Waals surface area contributed by atoms with E-state index in [1.165, 1.54) is 0 Å². The smallest absolute Gasteiger partial charge is 0.274 e. The van der Waals surface area contributed by atoms with Gasteiger partial charge in [0.2, 0.25) is 5.95 Å². The summed E-state index contributed by atoms with van der Waals surface area (Å²) in [5, 5.41) is 14.7. The highest BCUT2D eigenvalue weighted by atomic mass is 16.1. The molecule has 0 aliphatic carbocycles. The normalized spacial score (nSPS) is 10.0. The minimum atomic E-state index is -0.343. The SMILES string of the molecule is Cc1cc(C(=O)Nc2ccc(C#N)cc2)nc(NCc2cccnc2)n1. The first-order chi connectivity index (χ1) is 12.6. The predicted octanol–water partition coefficient (Wildman–Crippen LogP) is 2.92. The van der Waals surface area contributed by atoms with E-state index in [1.807, 2.05) is 18.2 Å². The molecule has 0 saturated carbocycles. The van der Waals surface area contributed by atoms with Crippen molar-refractivity contribution < 1.29 is 4.79 Å². The second-order valence-corrected chi connectivity index (χ2v) is 5.58. The summed E-state index contributed by atoms with van der Waals surface area (Å²) in [6.07, 6.45) is 3.46. The fourth-order valence-electron chi connectivity index (χ4n) is 2.27. The van der Waals surface area contributed by atoms with E-state index in [0.717, 1.165) is 5.56 Å². The molecule has 1 amide bonds. The van der Waals surface area contributed by atoms with Crippen LogP contribution in [0.4, 0.5) is 11.6 Å². The van der Waals surface area contributed by atoms with E-state index in [4.69, 9.17) is 5.26 Å². The van der Waals surface area contributed by atoms with Crippen molar-refractivity contribution in [3.63, 3.8) is 0 Å². The van der Waals surface area contributed by atoms with Gasteiger partial charge in [-0.3, -0.25) is 9.78 Å². The highest BCUT2D eigenvalue weighted by Gasteiger charge is 2.11. The molecule has 7 heteroatoms.